The second-order valence-corrected chi connectivity index (χ2v) is 6.96. The SMILES string of the molecule is Cc1ccc(/C=N\n2c(C)nnc2SCn2nc(C)c([N+](=O)[O-])c2C)cc1. The lowest BCUT2D eigenvalue weighted by Gasteiger charge is -2.04. The number of hydrogen-bond acceptors (Lipinski definition) is 7. The minimum Gasteiger partial charge on any atom is -0.258 e. The predicted octanol–water partition coefficient (Wildman–Crippen LogP) is 3.25. The molecule has 0 atom stereocenters. The molecule has 0 saturated heterocycles. The molecule has 0 spiro atoms. The largest absolute Gasteiger partial charge is 0.312 e. The Labute approximate surface area is 160 Å². The Morgan fingerprint density at radius 1 is 1.19 bits per heavy atom. The van der Waals surface area contributed by atoms with Crippen LogP contribution >= 0.6 is 11.8 Å². The molecule has 0 aliphatic heterocycles. The van der Waals surface area contributed by atoms with Crippen LogP contribution in [0.3, 0.4) is 0 Å². The van der Waals surface area contributed by atoms with Crippen LogP contribution in [0.25, 0.3) is 0 Å². The van der Waals surface area contributed by atoms with Gasteiger partial charge in [0.15, 0.2) is 5.82 Å². The number of hydrogen-bond donors (Lipinski definition) is 0. The van der Waals surface area contributed by atoms with Crippen molar-refractivity contribution in [2.24, 2.45) is 5.10 Å². The Balaban J connectivity index is 1.78. The van der Waals surface area contributed by atoms with Crippen molar-refractivity contribution >= 4 is 23.7 Å². The van der Waals surface area contributed by atoms with Gasteiger partial charge in [0, 0.05) is 0 Å². The lowest BCUT2D eigenvalue weighted by Crippen LogP contribution is -2.02. The zero-order valence-electron chi connectivity index (χ0n) is 15.4. The molecule has 9 nitrogen and oxygen atoms in total. The normalized spacial score (nSPS) is 11.4. The molecule has 0 fully saturated rings. The summed E-state index contributed by atoms with van der Waals surface area (Å²) in [5, 5.41) is 28.6. The predicted molar refractivity (Wildman–Crippen MR) is 103 cm³/mol. The van der Waals surface area contributed by atoms with Crippen LogP contribution in [0.5, 0.6) is 0 Å². The third-order valence-corrected chi connectivity index (χ3v) is 4.90. The Hall–Kier alpha value is -3.01. The Morgan fingerprint density at radius 3 is 2.52 bits per heavy atom. The quantitative estimate of drug-likeness (QED) is 0.279. The molecule has 3 rings (SSSR count). The summed E-state index contributed by atoms with van der Waals surface area (Å²) in [6.07, 6.45) is 1.74. The number of benzene rings is 1. The van der Waals surface area contributed by atoms with Gasteiger partial charge in [0.1, 0.15) is 11.4 Å². The standard InChI is InChI=1S/C17H19N7O2S/c1-11-5-7-15(8-6-11)9-18-23-14(4)19-20-17(23)27-10-22-13(3)16(24(25)26)12(2)21-22/h5-9H,10H2,1-4H3/b18-9-. The van der Waals surface area contributed by atoms with Crippen molar-refractivity contribution in [2.75, 3.05) is 0 Å². The highest BCUT2D eigenvalue weighted by Crippen LogP contribution is 2.25. The summed E-state index contributed by atoms with van der Waals surface area (Å²) in [7, 11) is 0. The van der Waals surface area contributed by atoms with Gasteiger partial charge in [0.2, 0.25) is 5.16 Å². The van der Waals surface area contributed by atoms with E-state index in [4.69, 9.17) is 0 Å². The van der Waals surface area contributed by atoms with Crippen LogP contribution in [0, 0.1) is 37.8 Å². The average molecular weight is 385 g/mol. The third kappa shape index (κ3) is 4.05. The van der Waals surface area contributed by atoms with E-state index in [2.05, 4.69) is 20.4 Å². The van der Waals surface area contributed by atoms with Crippen molar-refractivity contribution in [3.63, 3.8) is 0 Å². The first-order chi connectivity index (χ1) is 12.9. The van der Waals surface area contributed by atoms with Gasteiger partial charge in [-0.2, -0.15) is 14.9 Å². The maximum absolute atomic E-state index is 11.1. The van der Waals surface area contributed by atoms with E-state index in [-0.39, 0.29) is 5.69 Å². The molecule has 2 heterocycles. The molecule has 3 aromatic rings. The van der Waals surface area contributed by atoms with Crippen molar-refractivity contribution in [3.05, 3.63) is 62.7 Å². The minimum absolute atomic E-state index is 0.0469. The molecule has 0 saturated carbocycles. The summed E-state index contributed by atoms with van der Waals surface area (Å²) in [4.78, 5) is 10.7. The van der Waals surface area contributed by atoms with Gasteiger partial charge < -0.3 is 0 Å². The van der Waals surface area contributed by atoms with Crippen LogP contribution in [0.1, 0.15) is 28.3 Å². The zero-order valence-corrected chi connectivity index (χ0v) is 16.3. The molecule has 0 radical (unpaired) electrons. The smallest absolute Gasteiger partial charge is 0.258 e. The zero-order chi connectivity index (χ0) is 19.6. The highest BCUT2D eigenvalue weighted by Gasteiger charge is 2.22. The van der Waals surface area contributed by atoms with Gasteiger partial charge in [0.05, 0.1) is 17.0 Å². The van der Waals surface area contributed by atoms with Crippen LogP contribution in [-0.4, -0.2) is 35.8 Å². The van der Waals surface area contributed by atoms with Crippen molar-refractivity contribution in [2.45, 2.75) is 38.7 Å². The lowest BCUT2D eigenvalue weighted by molar-refractivity contribution is -0.386. The Morgan fingerprint density at radius 2 is 1.89 bits per heavy atom. The minimum atomic E-state index is -0.405. The van der Waals surface area contributed by atoms with E-state index >= 15 is 0 Å². The molecule has 2 aromatic heterocycles. The molecule has 1 aromatic carbocycles. The molecule has 0 unspecified atom stereocenters. The first-order valence-electron chi connectivity index (χ1n) is 8.21. The summed E-state index contributed by atoms with van der Waals surface area (Å²) in [5.74, 6) is 1.03. The van der Waals surface area contributed by atoms with E-state index in [0.717, 1.165) is 5.56 Å². The van der Waals surface area contributed by atoms with Gasteiger partial charge in [-0.25, -0.2) is 0 Å². The molecule has 27 heavy (non-hydrogen) atoms. The van der Waals surface area contributed by atoms with Crippen molar-refractivity contribution < 1.29 is 4.92 Å². The maximum atomic E-state index is 11.1. The van der Waals surface area contributed by atoms with E-state index in [1.54, 1.807) is 29.4 Å². The van der Waals surface area contributed by atoms with Crippen LogP contribution in [0.15, 0.2) is 34.5 Å². The maximum Gasteiger partial charge on any atom is 0.312 e. The van der Waals surface area contributed by atoms with Crippen molar-refractivity contribution in [1.29, 1.82) is 0 Å². The van der Waals surface area contributed by atoms with Crippen LogP contribution in [-0.2, 0) is 5.88 Å². The second-order valence-electron chi connectivity index (χ2n) is 6.05. The van der Waals surface area contributed by atoms with Gasteiger partial charge in [-0.3, -0.25) is 14.8 Å². The molecule has 0 bridgehead atoms. The van der Waals surface area contributed by atoms with Gasteiger partial charge in [0.25, 0.3) is 0 Å². The topological polar surface area (TPSA) is 104 Å². The van der Waals surface area contributed by atoms with Gasteiger partial charge in [-0.15, -0.1) is 10.2 Å². The number of thioether (sulfide) groups is 1. The fraction of sp³-hybridized carbons (Fsp3) is 0.294. The molecular formula is C17H19N7O2S. The number of aromatic nitrogens is 5. The Bertz CT molecular complexity index is 1010. The number of nitro groups is 1. The van der Waals surface area contributed by atoms with Gasteiger partial charge >= 0.3 is 5.69 Å². The van der Waals surface area contributed by atoms with Gasteiger partial charge in [-0.05, 0) is 33.3 Å². The first kappa shape index (κ1) is 18.8. The summed E-state index contributed by atoms with van der Waals surface area (Å²) in [6.45, 7) is 7.16. The van der Waals surface area contributed by atoms with E-state index in [0.29, 0.717) is 28.2 Å². The molecule has 140 valence electrons. The Kier molecular flexibility index (Phi) is 5.36. The van der Waals surface area contributed by atoms with Crippen LogP contribution in [0.4, 0.5) is 5.69 Å². The molecule has 0 aliphatic carbocycles. The molecule has 0 N–H and O–H groups in total. The fourth-order valence-corrected chi connectivity index (χ4v) is 3.42. The molecule has 0 amide bonds. The van der Waals surface area contributed by atoms with E-state index in [9.17, 15) is 10.1 Å². The monoisotopic (exact) mass is 385 g/mol. The number of rotatable bonds is 6. The lowest BCUT2D eigenvalue weighted by atomic mass is 10.2. The number of aryl methyl sites for hydroxylation is 3. The second kappa shape index (κ2) is 7.70. The summed E-state index contributed by atoms with van der Waals surface area (Å²) in [5.41, 5.74) is 3.11. The van der Waals surface area contributed by atoms with Gasteiger partial charge in [-0.1, -0.05) is 41.6 Å². The first-order valence-corrected chi connectivity index (χ1v) is 9.19. The summed E-state index contributed by atoms with van der Waals surface area (Å²) in [6, 6.07) is 8.01. The highest BCUT2D eigenvalue weighted by molar-refractivity contribution is 7.98. The summed E-state index contributed by atoms with van der Waals surface area (Å²) < 4.78 is 3.24. The average Bonchev–Trinajstić information content (AvgIpc) is 3.11. The van der Waals surface area contributed by atoms with E-state index in [1.165, 1.54) is 17.3 Å². The fourth-order valence-electron chi connectivity index (χ4n) is 2.53. The molecular weight excluding hydrogens is 366 g/mol. The third-order valence-electron chi connectivity index (χ3n) is 4.01. The van der Waals surface area contributed by atoms with E-state index < -0.39 is 4.92 Å². The highest BCUT2D eigenvalue weighted by atomic mass is 32.2. The van der Waals surface area contributed by atoms with Crippen molar-refractivity contribution in [1.82, 2.24) is 24.7 Å². The molecule has 10 heteroatoms. The van der Waals surface area contributed by atoms with E-state index in [1.807, 2.05) is 38.1 Å². The summed E-state index contributed by atoms with van der Waals surface area (Å²) >= 11 is 1.36. The van der Waals surface area contributed by atoms with Crippen LogP contribution in [0.2, 0.25) is 0 Å². The molecule has 0 aliphatic rings. The number of nitrogens with zero attached hydrogens (tertiary/aromatic N) is 7. The van der Waals surface area contributed by atoms with Crippen molar-refractivity contribution in [3.8, 4) is 0 Å². The van der Waals surface area contributed by atoms with Crippen LogP contribution < -0.4 is 0 Å².